The lowest BCUT2D eigenvalue weighted by atomic mass is 9.94. The van der Waals surface area contributed by atoms with E-state index in [-0.39, 0.29) is 19.6 Å². The molecule has 9 nitrogen and oxygen atoms in total. The number of ether oxygens (including phenoxy) is 1. The first kappa shape index (κ1) is 31.9. The van der Waals surface area contributed by atoms with Crippen molar-refractivity contribution in [2.75, 3.05) is 39.6 Å². The molecule has 0 aromatic heterocycles. The molecule has 1 aliphatic rings. The predicted molar refractivity (Wildman–Crippen MR) is 164 cm³/mol. The highest BCUT2D eigenvalue weighted by atomic mass is 35.5. The SMILES string of the molecule is COc1cc(-c2cccc(-c3cccc(NC(=O)C4CN(C)C(=O)N(C)C4=O)c3C)c2Cl)cc(F)c1CNCC(C)(C)O. The minimum absolute atomic E-state index is 0.0191. The van der Waals surface area contributed by atoms with E-state index in [2.05, 4.69) is 10.6 Å². The number of imide groups is 1. The number of halogens is 2. The largest absolute Gasteiger partial charge is 0.496 e. The molecule has 0 spiro atoms. The van der Waals surface area contributed by atoms with Gasteiger partial charge in [-0.15, -0.1) is 0 Å². The van der Waals surface area contributed by atoms with E-state index in [4.69, 9.17) is 16.3 Å². The van der Waals surface area contributed by atoms with Crippen molar-refractivity contribution in [1.29, 1.82) is 0 Å². The van der Waals surface area contributed by atoms with Crippen LogP contribution in [-0.4, -0.2) is 72.6 Å². The maximum absolute atomic E-state index is 15.3. The average Bonchev–Trinajstić information content (AvgIpc) is 2.95. The first-order valence-corrected chi connectivity index (χ1v) is 14.1. The van der Waals surface area contributed by atoms with Gasteiger partial charge in [0.15, 0.2) is 0 Å². The molecule has 1 fully saturated rings. The lowest BCUT2D eigenvalue weighted by molar-refractivity contribution is -0.140. The number of carbonyl (C=O) groups is 3. The second kappa shape index (κ2) is 12.7. The van der Waals surface area contributed by atoms with Crippen LogP contribution in [0.5, 0.6) is 5.75 Å². The fourth-order valence-corrected chi connectivity index (χ4v) is 5.41. The fraction of sp³-hybridized carbons (Fsp3) is 0.344. The molecule has 3 aromatic carbocycles. The van der Waals surface area contributed by atoms with Gasteiger partial charge in [0, 0.05) is 56.1 Å². The minimum Gasteiger partial charge on any atom is -0.496 e. The second-order valence-electron chi connectivity index (χ2n) is 11.3. The van der Waals surface area contributed by atoms with Crippen molar-refractivity contribution < 1.29 is 28.6 Å². The molecule has 4 amide bonds. The summed E-state index contributed by atoms with van der Waals surface area (Å²) in [5, 5.41) is 16.2. The van der Waals surface area contributed by atoms with Gasteiger partial charge in [-0.1, -0.05) is 41.9 Å². The van der Waals surface area contributed by atoms with Crippen molar-refractivity contribution in [2.24, 2.45) is 5.92 Å². The summed E-state index contributed by atoms with van der Waals surface area (Å²) in [4.78, 5) is 40.1. The van der Waals surface area contributed by atoms with Gasteiger partial charge in [0.05, 0.1) is 17.7 Å². The summed E-state index contributed by atoms with van der Waals surface area (Å²) in [6.07, 6.45) is 0. The number of anilines is 1. The molecule has 1 heterocycles. The van der Waals surface area contributed by atoms with Crippen molar-refractivity contribution in [1.82, 2.24) is 15.1 Å². The molecule has 1 atom stereocenters. The second-order valence-corrected chi connectivity index (χ2v) is 11.7. The van der Waals surface area contributed by atoms with Crippen LogP contribution in [0.25, 0.3) is 22.3 Å². The van der Waals surface area contributed by atoms with Gasteiger partial charge >= 0.3 is 6.03 Å². The Bertz CT molecular complexity index is 1570. The van der Waals surface area contributed by atoms with Crippen LogP contribution in [0.3, 0.4) is 0 Å². The molecule has 4 rings (SSSR count). The van der Waals surface area contributed by atoms with Gasteiger partial charge in [-0.05, 0) is 55.7 Å². The molecular formula is C32H36ClFN4O5. The summed E-state index contributed by atoms with van der Waals surface area (Å²) < 4.78 is 20.8. The molecule has 228 valence electrons. The van der Waals surface area contributed by atoms with E-state index in [0.29, 0.717) is 44.3 Å². The van der Waals surface area contributed by atoms with E-state index >= 15 is 4.39 Å². The number of aliphatic hydroxyl groups is 1. The molecule has 3 aromatic rings. The van der Waals surface area contributed by atoms with Crippen LogP contribution in [0, 0.1) is 18.7 Å². The summed E-state index contributed by atoms with van der Waals surface area (Å²) in [6.45, 7) is 5.57. The van der Waals surface area contributed by atoms with E-state index in [0.717, 1.165) is 10.5 Å². The van der Waals surface area contributed by atoms with Gasteiger partial charge in [-0.25, -0.2) is 9.18 Å². The molecule has 43 heavy (non-hydrogen) atoms. The Kier molecular flexibility index (Phi) is 9.44. The van der Waals surface area contributed by atoms with Crippen LogP contribution in [-0.2, 0) is 16.1 Å². The van der Waals surface area contributed by atoms with Gasteiger partial charge in [0.25, 0.3) is 0 Å². The molecule has 1 aliphatic heterocycles. The smallest absolute Gasteiger partial charge is 0.326 e. The number of methoxy groups -OCH3 is 1. The lowest BCUT2D eigenvalue weighted by Gasteiger charge is -2.33. The molecule has 3 N–H and O–H groups in total. The molecule has 1 unspecified atom stereocenters. The third-order valence-electron chi connectivity index (χ3n) is 7.44. The van der Waals surface area contributed by atoms with Gasteiger partial charge < -0.3 is 25.4 Å². The zero-order valence-corrected chi connectivity index (χ0v) is 25.8. The zero-order chi connectivity index (χ0) is 31.6. The standard InChI is InChI=1S/C32H36ClFN4O5/c1-18-20(9-8-12-26(18)36-29(39)24-16-37(4)31(41)38(5)30(24)40)22-11-7-10-21(28(22)33)19-13-25(34)23(27(14-19)43-6)15-35-17-32(2,3)42/h7-14,24,35,42H,15-17H2,1-6H3,(H,36,39). The molecule has 0 radical (unpaired) electrons. The number of hydrogen-bond donors (Lipinski definition) is 3. The number of nitrogens with zero attached hydrogens (tertiary/aromatic N) is 2. The molecular weight excluding hydrogens is 575 g/mol. The number of nitrogens with one attached hydrogen (secondary N) is 2. The van der Waals surface area contributed by atoms with E-state index in [1.165, 1.54) is 32.2 Å². The highest BCUT2D eigenvalue weighted by Crippen LogP contribution is 2.41. The van der Waals surface area contributed by atoms with Crippen molar-refractivity contribution in [3.8, 4) is 28.0 Å². The maximum atomic E-state index is 15.3. The van der Waals surface area contributed by atoms with Crippen molar-refractivity contribution in [2.45, 2.75) is 32.9 Å². The Morgan fingerprint density at radius 1 is 1.12 bits per heavy atom. The fourth-order valence-electron chi connectivity index (χ4n) is 5.07. The maximum Gasteiger partial charge on any atom is 0.326 e. The van der Waals surface area contributed by atoms with E-state index in [1.54, 1.807) is 38.1 Å². The molecule has 0 bridgehead atoms. The number of amides is 4. The Balaban J connectivity index is 1.64. The van der Waals surface area contributed by atoms with Crippen molar-refractivity contribution >= 4 is 35.1 Å². The molecule has 0 saturated carbocycles. The normalized spacial score (nSPS) is 15.6. The van der Waals surface area contributed by atoms with E-state index < -0.39 is 35.2 Å². The third kappa shape index (κ3) is 6.82. The topological polar surface area (TPSA) is 111 Å². The first-order chi connectivity index (χ1) is 20.2. The van der Waals surface area contributed by atoms with Crippen molar-refractivity contribution in [3.05, 3.63) is 70.5 Å². The third-order valence-corrected chi connectivity index (χ3v) is 7.85. The quantitative estimate of drug-likeness (QED) is 0.292. The van der Waals surface area contributed by atoms with Crippen LogP contribution >= 0.6 is 11.6 Å². The number of hydrogen-bond acceptors (Lipinski definition) is 6. The highest BCUT2D eigenvalue weighted by molar-refractivity contribution is 6.36. The van der Waals surface area contributed by atoms with E-state index in [9.17, 15) is 19.5 Å². The summed E-state index contributed by atoms with van der Waals surface area (Å²) in [7, 11) is 4.36. The van der Waals surface area contributed by atoms with Crippen LogP contribution in [0.15, 0.2) is 48.5 Å². The van der Waals surface area contributed by atoms with Crippen molar-refractivity contribution in [3.63, 3.8) is 0 Å². The van der Waals surface area contributed by atoms with Crippen LogP contribution < -0.4 is 15.4 Å². The van der Waals surface area contributed by atoms with Crippen LogP contribution in [0.4, 0.5) is 14.9 Å². The van der Waals surface area contributed by atoms with Gasteiger partial charge in [0.1, 0.15) is 17.5 Å². The summed E-state index contributed by atoms with van der Waals surface area (Å²) in [5.74, 6) is -2.25. The average molecular weight is 611 g/mol. The Labute approximate surface area is 255 Å². The summed E-state index contributed by atoms with van der Waals surface area (Å²) in [5.41, 5.74) is 3.11. The minimum atomic E-state index is -1.04. The Morgan fingerprint density at radius 3 is 2.44 bits per heavy atom. The van der Waals surface area contributed by atoms with E-state index in [1.807, 2.05) is 25.1 Å². The molecule has 11 heteroatoms. The zero-order valence-electron chi connectivity index (χ0n) is 25.0. The summed E-state index contributed by atoms with van der Waals surface area (Å²) in [6, 6.07) is 13.5. The summed E-state index contributed by atoms with van der Waals surface area (Å²) >= 11 is 6.94. The van der Waals surface area contributed by atoms with Gasteiger partial charge in [-0.3, -0.25) is 14.5 Å². The number of urea groups is 1. The highest BCUT2D eigenvalue weighted by Gasteiger charge is 2.39. The Morgan fingerprint density at radius 2 is 1.77 bits per heavy atom. The van der Waals surface area contributed by atoms with Gasteiger partial charge in [-0.2, -0.15) is 0 Å². The monoisotopic (exact) mass is 610 g/mol. The van der Waals surface area contributed by atoms with Crippen LogP contribution in [0.1, 0.15) is 25.0 Å². The number of carbonyl (C=O) groups excluding carboxylic acids is 3. The number of rotatable bonds is 9. The predicted octanol–water partition coefficient (Wildman–Crippen LogP) is 5.07. The first-order valence-electron chi connectivity index (χ1n) is 13.8. The molecule has 0 aliphatic carbocycles. The van der Waals surface area contributed by atoms with Gasteiger partial charge in [0.2, 0.25) is 11.8 Å². The number of benzene rings is 3. The molecule has 1 saturated heterocycles. The Hall–Kier alpha value is -3.99. The lowest BCUT2D eigenvalue weighted by Crippen LogP contribution is -2.56. The van der Waals surface area contributed by atoms with Crippen LogP contribution in [0.2, 0.25) is 5.02 Å².